The number of aromatic hydroxyl groups is 6. The molecule has 0 spiro atoms. The van der Waals surface area contributed by atoms with Crippen molar-refractivity contribution in [3.63, 3.8) is 0 Å². The molecule has 7 rings (SSSR count). The van der Waals surface area contributed by atoms with E-state index in [9.17, 15) is 30.6 Å². The lowest BCUT2D eigenvalue weighted by molar-refractivity contribution is 0.103. The van der Waals surface area contributed by atoms with Crippen molar-refractivity contribution >= 4 is 0 Å². The van der Waals surface area contributed by atoms with Gasteiger partial charge in [-0.15, -0.1) is 0 Å². The maximum absolute atomic E-state index is 12.5. The van der Waals surface area contributed by atoms with Gasteiger partial charge in [0.25, 0.3) is 0 Å². The predicted octanol–water partition coefficient (Wildman–Crippen LogP) is 15.7. The van der Waals surface area contributed by atoms with Crippen LogP contribution >= 0.6 is 0 Å². The lowest BCUT2D eigenvalue weighted by atomic mass is 9.79. The normalized spacial score (nSPS) is 14.5. The van der Waals surface area contributed by atoms with Gasteiger partial charge in [0, 0.05) is 43.2 Å². The molecule has 396 valence electrons. The molecule has 0 fully saturated rings. The molecule has 6 aromatic carbocycles. The van der Waals surface area contributed by atoms with Crippen molar-refractivity contribution in [2.45, 2.75) is 202 Å². The quantitative estimate of drug-likeness (QED) is 0.0894. The molecule has 1 aliphatic rings. The second-order valence-corrected chi connectivity index (χ2v) is 27.7. The summed E-state index contributed by atoms with van der Waals surface area (Å²) in [6, 6.07) is 24.4. The van der Waals surface area contributed by atoms with E-state index in [0.29, 0.717) is 66.8 Å². The monoisotopic (exact) mass is 1000 g/mol. The number of fused-ring (bicyclic) bond motifs is 12. The second-order valence-electron chi connectivity index (χ2n) is 27.7. The number of ether oxygens (including phenoxy) is 1. The van der Waals surface area contributed by atoms with Gasteiger partial charge in [0.05, 0.1) is 13.2 Å². The van der Waals surface area contributed by atoms with Crippen molar-refractivity contribution in [2.24, 2.45) is 0 Å². The number of phenolic OH excluding ortho intramolecular Hbond substituents is 6. The predicted molar refractivity (Wildman–Crippen MR) is 303 cm³/mol. The van der Waals surface area contributed by atoms with Gasteiger partial charge < -0.3 is 35.4 Å². The first-order valence-corrected chi connectivity index (χ1v) is 26.6. The zero-order chi connectivity index (χ0) is 55.0. The maximum atomic E-state index is 12.5. The second kappa shape index (κ2) is 19.7. The number of phenols is 6. The Kier molecular flexibility index (Phi) is 14.8. The van der Waals surface area contributed by atoms with Gasteiger partial charge in [-0.1, -0.05) is 185 Å². The van der Waals surface area contributed by atoms with E-state index in [2.05, 4.69) is 125 Å². The highest BCUT2D eigenvalue weighted by atomic mass is 16.5. The van der Waals surface area contributed by atoms with E-state index in [4.69, 9.17) is 4.74 Å². The van der Waals surface area contributed by atoms with Crippen molar-refractivity contribution in [2.75, 3.05) is 0 Å². The van der Waals surface area contributed by atoms with Gasteiger partial charge in [0.1, 0.15) is 34.5 Å². The Bertz CT molecular complexity index is 2900. The number of hydrogen-bond acceptors (Lipinski definition) is 7. The highest BCUT2D eigenvalue weighted by Crippen LogP contribution is 2.44. The van der Waals surface area contributed by atoms with Crippen LogP contribution in [0.5, 0.6) is 34.5 Å². The topological polar surface area (TPSA) is 131 Å². The fourth-order valence-electron chi connectivity index (χ4n) is 10.0. The lowest BCUT2D eigenvalue weighted by Crippen LogP contribution is -2.15. The van der Waals surface area contributed by atoms with Crippen LogP contribution in [0.3, 0.4) is 0 Å². The molecule has 0 radical (unpaired) electrons. The Labute approximate surface area is 443 Å². The van der Waals surface area contributed by atoms with Crippen LogP contribution in [0.2, 0.25) is 0 Å². The summed E-state index contributed by atoms with van der Waals surface area (Å²) in [6.07, 6.45) is 1.16. The number of hydrogen-bond donors (Lipinski definition) is 6. The Morgan fingerprint density at radius 1 is 0.230 bits per heavy atom. The third-order valence-electron chi connectivity index (χ3n) is 15.2. The molecule has 0 atom stereocenters. The summed E-state index contributed by atoms with van der Waals surface area (Å²) in [4.78, 5) is 0. The summed E-state index contributed by atoms with van der Waals surface area (Å²) < 4.78 is 6.50. The van der Waals surface area contributed by atoms with E-state index < -0.39 is 0 Å². The number of benzene rings is 6. The Morgan fingerprint density at radius 3 is 0.486 bits per heavy atom. The van der Waals surface area contributed by atoms with Crippen LogP contribution < -0.4 is 0 Å². The van der Waals surface area contributed by atoms with Gasteiger partial charge >= 0.3 is 0 Å². The van der Waals surface area contributed by atoms with Crippen LogP contribution in [0.1, 0.15) is 225 Å². The fourth-order valence-corrected chi connectivity index (χ4v) is 10.0. The summed E-state index contributed by atoms with van der Waals surface area (Å²) in [5, 5.41) is 74.2. The van der Waals surface area contributed by atoms with E-state index in [1.807, 2.05) is 72.8 Å². The average Bonchev–Trinajstić information content (AvgIpc) is 3.25. The SMILES string of the molecule is CC(C)(C)c1cc2c(O)c(c1)Cc1cc(C(C)(C)C)cc(c1O)Cc1cc(C(C)(C)C)cc(c1O)Cc1cc(C(C)(C)C)cc(c1O)Cc1cc(C(C)(C)C)cc(c1O)Cc1cc(C(C)(C)C)cc(c1O)COC2. The largest absolute Gasteiger partial charge is 0.507 e. The van der Waals surface area contributed by atoms with Crippen LogP contribution in [0.15, 0.2) is 72.8 Å². The van der Waals surface area contributed by atoms with Crippen LogP contribution in [-0.2, 0) is 82.5 Å². The molecule has 0 unspecified atom stereocenters. The molecule has 74 heavy (non-hydrogen) atoms. The Balaban J connectivity index is 1.53. The van der Waals surface area contributed by atoms with Crippen LogP contribution in [0.25, 0.3) is 0 Å². The van der Waals surface area contributed by atoms with Crippen molar-refractivity contribution in [1.29, 1.82) is 0 Å². The van der Waals surface area contributed by atoms with Gasteiger partial charge in [-0.25, -0.2) is 0 Å². The molecule has 6 aromatic rings. The molecular formula is C67H86O7. The van der Waals surface area contributed by atoms with Crippen molar-refractivity contribution < 1.29 is 35.4 Å². The van der Waals surface area contributed by atoms with E-state index in [1.165, 1.54) is 0 Å². The van der Waals surface area contributed by atoms with E-state index >= 15 is 0 Å². The first-order chi connectivity index (χ1) is 33.9. The third kappa shape index (κ3) is 12.1. The van der Waals surface area contributed by atoms with Crippen LogP contribution in [-0.4, -0.2) is 30.6 Å². The standard InChI is InChI=1S/C67H86O7/c1-62(2,3)50-24-38-19-39-25-51(63(4,5)6)27-41(57(39)69)21-43-29-53(65(10,11)12)31-45(59(43)71)23-47-33-55(67(16,17)18)35-49(61(47)73)37-74-36-48-34-54(66(13,14)15)32-46(60(48)72)22-44-30-52(64(7,8)9)28-42(58(44)70)20-40(26-50)56(38)68/h24-35,68-73H,19-23,36-37H2,1-18H3. The van der Waals surface area contributed by atoms with Gasteiger partial charge in [-0.05, 0) is 134 Å². The summed E-state index contributed by atoms with van der Waals surface area (Å²) >= 11 is 0. The average molecular weight is 1000 g/mol. The minimum absolute atomic E-state index is 0.0605. The van der Waals surface area contributed by atoms with E-state index in [0.717, 1.165) is 33.4 Å². The Morgan fingerprint density at radius 2 is 0.351 bits per heavy atom. The molecule has 7 nitrogen and oxygen atoms in total. The molecular weight excluding hydrogens is 917 g/mol. The molecule has 1 aliphatic heterocycles. The highest BCUT2D eigenvalue weighted by Gasteiger charge is 2.29. The third-order valence-corrected chi connectivity index (χ3v) is 15.2. The highest BCUT2D eigenvalue weighted by molar-refractivity contribution is 5.59. The molecule has 0 aliphatic carbocycles. The summed E-state index contributed by atoms with van der Waals surface area (Å²) in [7, 11) is 0. The summed E-state index contributed by atoms with van der Waals surface area (Å²) in [5.41, 5.74) is 12.0. The van der Waals surface area contributed by atoms with Crippen LogP contribution in [0.4, 0.5) is 0 Å². The first-order valence-electron chi connectivity index (χ1n) is 26.6. The van der Waals surface area contributed by atoms with E-state index in [1.54, 1.807) is 0 Å². The van der Waals surface area contributed by atoms with Crippen molar-refractivity contribution in [3.8, 4) is 34.5 Å². The van der Waals surface area contributed by atoms with Gasteiger partial charge in [-0.2, -0.15) is 0 Å². The smallest absolute Gasteiger partial charge is 0.124 e. The Hall–Kier alpha value is -5.92. The maximum Gasteiger partial charge on any atom is 0.124 e. The molecule has 7 heteroatoms. The van der Waals surface area contributed by atoms with Gasteiger partial charge in [0.15, 0.2) is 0 Å². The van der Waals surface area contributed by atoms with Crippen molar-refractivity contribution in [3.05, 3.63) is 173 Å². The number of rotatable bonds is 0. The van der Waals surface area contributed by atoms with Crippen LogP contribution in [0, 0.1) is 0 Å². The summed E-state index contributed by atoms with van der Waals surface area (Å²) in [5.74, 6) is 0.583. The minimum atomic E-state index is -0.310. The molecule has 0 saturated heterocycles. The van der Waals surface area contributed by atoms with E-state index in [-0.39, 0.29) is 112 Å². The molecule has 6 N–H and O–H groups in total. The molecule has 0 amide bonds. The van der Waals surface area contributed by atoms with Gasteiger partial charge in [0.2, 0.25) is 0 Å². The zero-order valence-electron chi connectivity index (χ0n) is 48.0. The molecule has 1 heterocycles. The lowest BCUT2D eigenvalue weighted by Gasteiger charge is -2.26. The van der Waals surface area contributed by atoms with Gasteiger partial charge in [-0.3, -0.25) is 0 Å². The zero-order valence-corrected chi connectivity index (χ0v) is 48.0. The fraction of sp³-hybridized carbons (Fsp3) is 0.463. The van der Waals surface area contributed by atoms with Crippen molar-refractivity contribution in [1.82, 2.24) is 0 Å². The first kappa shape index (κ1) is 55.8. The summed E-state index contributed by atoms with van der Waals surface area (Å²) in [6.45, 7) is 38.7. The minimum Gasteiger partial charge on any atom is -0.507 e. The molecule has 12 bridgehead atoms. The molecule has 0 aromatic heterocycles. The molecule has 0 saturated carbocycles.